The van der Waals surface area contributed by atoms with Crippen molar-refractivity contribution in [1.82, 2.24) is 10.2 Å². The van der Waals surface area contributed by atoms with Crippen molar-refractivity contribution < 1.29 is 9.90 Å². The van der Waals surface area contributed by atoms with Gasteiger partial charge in [0.05, 0.1) is 11.7 Å². The summed E-state index contributed by atoms with van der Waals surface area (Å²) in [5.41, 5.74) is 0.309. The molecular weight excluding hydrogens is 252 g/mol. The van der Waals surface area contributed by atoms with Crippen LogP contribution in [0.3, 0.4) is 0 Å². The fourth-order valence-electron chi connectivity index (χ4n) is 2.26. The molecule has 0 radical (unpaired) electrons. The molecule has 20 heavy (non-hydrogen) atoms. The molecule has 4 heteroatoms. The summed E-state index contributed by atoms with van der Waals surface area (Å²) in [6, 6.07) is 11.0. The second kappa shape index (κ2) is 5.92. The zero-order valence-electron chi connectivity index (χ0n) is 12.1. The third-order valence-corrected chi connectivity index (χ3v) is 3.45. The Morgan fingerprint density at radius 3 is 2.60 bits per heavy atom. The third-order valence-electron chi connectivity index (χ3n) is 3.45. The van der Waals surface area contributed by atoms with Gasteiger partial charge in [-0.15, -0.1) is 0 Å². The van der Waals surface area contributed by atoms with Gasteiger partial charge in [0.25, 0.3) is 5.91 Å². The fourth-order valence-corrected chi connectivity index (χ4v) is 2.26. The number of hydrogen-bond acceptors (Lipinski definition) is 3. The Morgan fingerprint density at radius 1 is 1.25 bits per heavy atom. The molecule has 0 spiro atoms. The Morgan fingerprint density at radius 2 is 1.95 bits per heavy atom. The molecule has 0 aliphatic heterocycles. The van der Waals surface area contributed by atoms with Crippen molar-refractivity contribution >= 4 is 16.7 Å². The van der Waals surface area contributed by atoms with Gasteiger partial charge in [0, 0.05) is 5.39 Å². The van der Waals surface area contributed by atoms with Crippen LogP contribution in [0.1, 0.15) is 23.7 Å². The lowest BCUT2D eigenvalue weighted by Crippen LogP contribution is -2.44. The van der Waals surface area contributed by atoms with Crippen molar-refractivity contribution in [3.63, 3.8) is 0 Å². The Bertz CT molecular complexity index is 623. The number of phenolic OH excluding ortho intramolecular Hbond substituents is 1. The van der Waals surface area contributed by atoms with Gasteiger partial charge in [-0.25, -0.2) is 0 Å². The average molecular weight is 272 g/mol. The number of nitrogens with one attached hydrogen (secondary N) is 1. The molecular formula is C16H20N2O2. The molecule has 0 aromatic heterocycles. The van der Waals surface area contributed by atoms with Gasteiger partial charge in [-0.3, -0.25) is 9.69 Å². The Hall–Kier alpha value is -2.07. The summed E-state index contributed by atoms with van der Waals surface area (Å²) in [7, 11) is 3.82. The molecule has 0 saturated carbocycles. The lowest BCUT2D eigenvalue weighted by molar-refractivity contribution is 0.0885. The number of amides is 1. The number of rotatable bonds is 4. The van der Waals surface area contributed by atoms with Crippen molar-refractivity contribution in [3.05, 3.63) is 42.0 Å². The van der Waals surface area contributed by atoms with E-state index in [2.05, 4.69) is 5.32 Å². The van der Waals surface area contributed by atoms with Crippen molar-refractivity contribution in [2.45, 2.75) is 19.5 Å². The van der Waals surface area contributed by atoms with Crippen LogP contribution in [-0.2, 0) is 0 Å². The highest BCUT2D eigenvalue weighted by atomic mass is 16.3. The average Bonchev–Trinajstić information content (AvgIpc) is 2.44. The van der Waals surface area contributed by atoms with Gasteiger partial charge < -0.3 is 10.4 Å². The Labute approximate surface area is 119 Å². The lowest BCUT2D eigenvalue weighted by atomic mass is 10.0. The predicted octanol–water partition coefficient (Wildman–Crippen LogP) is 2.57. The van der Waals surface area contributed by atoms with E-state index in [1.807, 2.05) is 56.3 Å². The molecule has 1 unspecified atom stereocenters. The molecule has 0 bridgehead atoms. The summed E-state index contributed by atoms with van der Waals surface area (Å²) in [6.45, 7) is 2.01. The molecule has 2 aromatic rings. The first kappa shape index (κ1) is 14.3. The monoisotopic (exact) mass is 272 g/mol. The van der Waals surface area contributed by atoms with E-state index in [1.54, 1.807) is 6.07 Å². The number of nitrogens with zero attached hydrogens (tertiary/aromatic N) is 1. The molecule has 0 fully saturated rings. The minimum Gasteiger partial charge on any atom is -0.506 e. The number of hydrogen-bond donors (Lipinski definition) is 2. The van der Waals surface area contributed by atoms with Crippen molar-refractivity contribution in [2.24, 2.45) is 0 Å². The standard InChI is InChI=1S/C16H20N2O2/c1-4-14(18(2)3)17-16(20)13-10-9-11-7-5-6-8-12(11)15(13)19/h5-10,14,19H,4H2,1-3H3,(H,17,20). The number of benzene rings is 2. The van der Waals surface area contributed by atoms with Crippen LogP contribution in [-0.4, -0.2) is 36.2 Å². The lowest BCUT2D eigenvalue weighted by Gasteiger charge is -2.24. The van der Waals surface area contributed by atoms with E-state index in [4.69, 9.17) is 0 Å². The summed E-state index contributed by atoms with van der Waals surface area (Å²) >= 11 is 0. The van der Waals surface area contributed by atoms with Crippen LogP contribution in [0.2, 0.25) is 0 Å². The molecule has 2 aromatic carbocycles. The maximum atomic E-state index is 12.3. The SMILES string of the molecule is CCC(NC(=O)c1ccc2ccccc2c1O)N(C)C. The molecule has 1 atom stereocenters. The summed E-state index contributed by atoms with van der Waals surface area (Å²) in [4.78, 5) is 14.2. The topological polar surface area (TPSA) is 52.6 Å². The van der Waals surface area contributed by atoms with Gasteiger partial charge in [-0.1, -0.05) is 37.3 Å². The zero-order valence-corrected chi connectivity index (χ0v) is 12.1. The minimum atomic E-state index is -0.256. The van der Waals surface area contributed by atoms with Gasteiger partial charge in [0.1, 0.15) is 5.75 Å². The third kappa shape index (κ3) is 2.75. The van der Waals surface area contributed by atoms with Gasteiger partial charge in [-0.05, 0) is 32.0 Å². The van der Waals surface area contributed by atoms with Crippen molar-refractivity contribution in [1.29, 1.82) is 0 Å². The summed E-state index contributed by atoms with van der Waals surface area (Å²) < 4.78 is 0. The first-order chi connectivity index (χ1) is 9.54. The van der Waals surface area contributed by atoms with Crippen LogP contribution in [0.25, 0.3) is 10.8 Å². The van der Waals surface area contributed by atoms with Gasteiger partial charge in [-0.2, -0.15) is 0 Å². The van der Waals surface area contributed by atoms with Gasteiger partial charge >= 0.3 is 0 Å². The van der Waals surface area contributed by atoms with Gasteiger partial charge in [0.2, 0.25) is 0 Å². The second-order valence-electron chi connectivity index (χ2n) is 5.04. The number of phenols is 1. The Kier molecular flexibility index (Phi) is 4.25. The summed E-state index contributed by atoms with van der Waals surface area (Å²) in [5, 5.41) is 14.8. The normalized spacial score (nSPS) is 12.6. The number of carbonyl (C=O) groups is 1. The second-order valence-corrected chi connectivity index (χ2v) is 5.04. The largest absolute Gasteiger partial charge is 0.506 e. The van der Waals surface area contributed by atoms with E-state index in [9.17, 15) is 9.90 Å². The molecule has 2 rings (SSSR count). The van der Waals surface area contributed by atoms with Crippen molar-refractivity contribution in [3.8, 4) is 5.75 Å². The Balaban J connectivity index is 2.33. The molecule has 0 aliphatic carbocycles. The van der Waals surface area contributed by atoms with E-state index in [1.165, 1.54) is 0 Å². The number of aromatic hydroxyl groups is 1. The highest BCUT2D eigenvalue weighted by molar-refractivity contribution is 6.03. The zero-order chi connectivity index (χ0) is 14.7. The smallest absolute Gasteiger partial charge is 0.256 e. The predicted molar refractivity (Wildman–Crippen MR) is 80.8 cm³/mol. The van der Waals surface area contributed by atoms with Crippen LogP contribution >= 0.6 is 0 Å². The van der Waals surface area contributed by atoms with Crippen LogP contribution in [0.4, 0.5) is 0 Å². The maximum Gasteiger partial charge on any atom is 0.256 e. The van der Waals surface area contributed by atoms with Crippen LogP contribution in [0, 0.1) is 0 Å². The number of carbonyl (C=O) groups excluding carboxylic acids is 1. The number of fused-ring (bicyclic) bond motifs is 1. The van der Waals surface area contributed by atoms with E-state index in [0.29, 0.717) is 10.9 Å². The molecule has 0 saturated heterocycles. The molecule has 2 N–H and O–H groups in total. The van der Waals surface area contributed by atoms with Gasteiger partial charge in [0.15, 0.2) is 0 Å². The molecule has 106 valence electrons. The molecule has 4 nitrogen and oxygen atoms in total. The van der Waals surface area contributed by atoms with E-state index in [-0.39, 0.29) is 17.8 Å². The highest BCUT2D eigenvalue weighted by Gasteiger charge is 2.17. The van der Waals surface area contributed by atoms with E-state index >= 15 is 0 Å². The molecule has 0 aliphatic rings. The minimum absolute atomic E-state index is 0.0363. The summed E-state index contributed by atoms with van der Waals surface area (Å²) in [6.07, 6.45) is 0.751. The van der Waals surface area contributed by atoms with Crippen LogP contribution in [0.5, 0.6) is 5.75 Å². The van der Waals surface area contributed by atoms with Crippen molar-refractivity contribution in [2.75, 3.05) is 14.1 Å². The molecule has 0 heterocycles. The fraction of sp³-hybridized carbons (Fsp3) is 0.312. The van der Waals surface area contributed by atoms with E-state index in [0.717, 1.165) is 11.8 Å². The maximum absolute atomic E-state index is 12.3. The first-order valence-corrected chi connectivity index (χ1v) is 6.72. The van der Waals surface area contributed by atoms with Crippen LogP contribution < -0.4 is 5.32 Å². The quantitative estimate of drug-likeness (QED) is 0.841. The van der Waals surface area contributed by atoms with E-state index < -0.39 is 0 Å². The van der Waals surface area contributed by atoms with Crippen LogP contribution in [0.15, 0.2) is 36.4 Å². The molecule has 1 amide bonds. The first-order valence-electron chi connectivity index (χ1n) is 6.72. The highest BCUT2D eigenvalue weighted by Crippen LogP contribution is 2.28. The summed E-state index contributed by atoms with van der Waals surface area (Å²) in [5.74, 6) is -0.219.